The number of hydrogen-bond donors (Lipinski definition) is 1. The molecule has 1 atom stereocenters. The summed E-state index contributed by atoms with van der Waals surface area (Å²) in [5.74, 6) is 2.29. The van der Waals surface area contributed by atoms with Crippen LogP contribution < -0.4 is 5.32 Å². The van der Waals surface area contributed by atoms with E-state index in [1.54, 1.807) is 0 Å². The number of alkyl halides is 1. The summed E-state index contributed by atoms with van der Waals surface area (Å²) < 4.78 is 0. The maximum Gasteiger partial charge on any atom is 0.126 e. The van der Waals surface area contributed by atoms with Crippen molar-refractivity contribution in [3.63, 3.8) is 0 Å². The zero-order chi connectivity index (χ0) is 12.8. The average Bonchev–Trinajstić information content (AvgIpc) is 2.43. The second kappa shape index (κ2) is 6.60. The van der Waals surface area contributed by atoms with E-state index in [2.05, 4.69) is 29.4 Å². The lowest BCUT2D eigenvalue weighted by Crippen LogP contribution is -2.06. The van der Waals surface area contributed by atoms with Crippen LogP contribution in [-0.2, 0) is 0 Å². The summed E-state index contributed by atoms with van der Waals surface area (Å²) in [4.78, 5) is 4.57. The molecule has 0 radical (unpaired) electrons. The number of benzene rings is 1. The largest absolute Gasteiger partial charge is 0.370 e. The average molecular weight is 263 g/mol. The zero-order valence-corrected chi connectivity index (χ0v) is 11.5. The van der Waals surface area contributed by atoms with Crippen LogP contribution in [0.1, 0.15) is 19.8 Å². The summed E-state index contributed by atoms with van der Waals surface area (Å²) in [6.45, 7) is 3.13. The molecule has 0 bridgehead atoms. The van der Waals surface area contributed by atoms with Gasteiger partial charge in [-0.05, 0) is 37.0 Å². The molecule has 2 nitrogen and oxygen atoms in total. The Morgan fingerprint density at radius 1 is 1.22 bits per heavy atom. The highest BCUT2D eigenvalue weighted by atomic mass is 35.5. The molecular weight excluding hydrogens is 244 g/mol. The number of halogens is 1. The Labute approximate surface area is 113 Å². The zero-order valence-electron chi connectivity index (χ0n) is 10.7. The maximum atomic E-state index is 5.78. The molecule has 0 aliphatic carbocycles. The lowest BCUT2D eigenvalue weighted by atomic mass is 10.1. The van der Waals surface area contributed by atoms with Crippen molar-refractivity contribution in [1.82, 2.24) is 4.98 Å². The van der Waals surface area contributed by atoms with Gasteiger partial charge in [-0.3, -0.25) is 0 Å². The van der Waals surface area contributed by atoms with Crippen LogP contribution in [0.5, 0.6) is 0 Å². The second-order valence-corrected chi connectivity index (χ2v) is 5.03. The summed E-state index contributed by atoms with van der Waals surface area (Å²) in [5, 5.41) is 4.54. The van der Waals surface area contributed by atoms with E-state index in [9.17, 15) is 0 Å². The fraction of sp³-hybridized carbons (Fsp3) is 0.400. The Balaban J connectivity index is 1.88. The first kappa shape index (κ1) is 13.2. The van der Waals surface area contributed by atoms with Crippen LogP contribution in [0.2, 0.25) is 0 Å². The number of para-hydroxylation sites is 1. The standard InChI is InChI=1S/C15H19ClN2/c1-12(11-16)5-4-10-17-15-9-8-13-6-2-3-7-14(13)18-15/h2-3,6-9,12H,4-5,10-11H2,1H3,(H,17,18). The highest BCUT2D eigenvalue weighted by Gasteiger charge is 2.00. The van der Waals surface area contributed by atoms with Crippen LogP contribution in [0.15, 0.2) is 36.4 Å². The van der Waals surface area contributed by atoms with E-state index in [-0.39, 0.29) is 0 Å². The number of nitrogens with one attached hydrogen (secondary N) is 1. The highest BCUT2D eigenvalue weighted by Crippen LogP contribution is 2.15. The predicted octanol–water partition coefficient (Wildman–Crippen LogP) is 4.30. The number of hydrogen-bond acceptors (Lipinski definition) is 2. The van der Waals surface area contributed by atoms with Crippen LogP contribution in [0.3, 0.4) is 0 Å². The smallest absolute Gasteiger partial charge is 0.126 e. The Bertz CT molecular complexity index is 499. The van der Waals surface area contributed by atoms with Gasteiger partial charge in [-0.2, -0.15) is 0 Å². The van der Waals surface area contributed by atoms with Crippen LogP contribution in [0.4, 0.5) is 5.82 Å². The number of fused-ring (bicyclic) bond motifs is 1. The summed E-state index contributed by atoms with van der Waals surface area (Å²) in [6.07, 6.45) is 2.28. The molecule has 18 heavy (non-hydrogen) atoms. The normalized spacial score (nSPS) is 12.6. The molecule has 96 valence electrons. The number of aromatic nitrogens is 1. The lowest BCUT2D eigenvalue weighted by molar-refractivity contribution is 0.572. The molecule has 3 heteroatoms. The van der Waals surface area contributed by atoms with Crippen molar-refractivity contribution in [2.75, 3.05) is 17.7 Å². The Hall–Kier alpha value is -1.28. The fourth-order valence-electron chi connectivity index (χ4n) is 1.91. The van der Waals surface area contributed by atoms with Crippen molar-refractivity contribution in [3.05, 3.63) is 36.4 Å². The second-order valence-electron chi connectivity index (χ2n) is 4.72. The van der Waals surface area contributed by atoms with Gasteiger partial charge in [0.1, 0.15) is 5.82 Å². The first-order valence-electron chi connectivity index (χ1n) is 6.45. The van der Waals surface area contributed by atoms with Crippen molar-refractivity contribution in [1.29, 1.82) is 0 Å². The first-order valence-corrected chi connectivity index (χ1v) is 6.98. The predicted molar refractivity (Wildman–Crippen MR) is 79.4 cm³/mol. The Morgan fingerprint density at radius 2 is 2.06 bits per heavy atom. The van der Waals surface area contributed by atoms with Gasteiger partial charge in [0.15, 0.2) is 0 Å². The quantitative estimate of drug-likeness (QED) is 0.620. The number of rotatable bonds is 6. The molecule has 0 aliphatic rings. The Morgan fingerprint density at radius 3 is 2.89 bits per heavy atom. The first-order chi connectivity index (χ1) is 8.79. The van der Waals surface area contributed by atoms with Crippen LogP contribution in [0, 0.1) is 5.92 Å². The van der Waals surface area contributed by atoms with Gasteiger partial charge in [-0.25, -0.2) is 4.98 Å². The SMILES string of the molecule is CC(CCl)CCCNc1ccc2ccccc2n1. The van der Waals surface area contributed by atoms with Gasteiger partial charge in [-0.15, -0.1) is 11.6 Å². The molecule has 1 heterocycles. The van der Waals surface area contributed by atoms with Gasteiger partial charge in [-0.1, -0.05) is 25.1 Å². The van der Waals surface area contributed by atoms with E-state index >= 15 is 0 Å². The van der Waals surface area contributed by atoms with Gasteiger partial charge in [0, 0.05) is 17.8 Å². The monoisotopic (exact) mass is 262 g/mol. The molecule has 2 aromatic rings. The molecule has 1 N–H and O–H groups in total. The van der Waals surface area contributed by atoms with Crippen molar-refractivity contribution in [3.8, 4) is 0 Å². The third kappa shape index (κ3) is 3.61. The van der Waals surface area contributed by atoms with E-state index in [1.165, 1.54) is 5.39 Å². The molecule has 0 amide bonds. The summed E-state index contributed by atoms with van der Waals surface area (Å²) in [6, 6.07) is 12.3. The van der Waals surface area contributed by atoms with E-state index in [1.807, 2.05) is 24.3 Å². The molecule has 0 saturated carbocycles. The van der Waals surface area contributed by atoms with Gasteiger partial charge < -0.3 is 5.32 Å². The molecule has 1 unspecified atom stereocenters. The summed E-state index contributed by atoms with van der Waals surface area (Å²) >= 11 is 5.78. The van der Waals surface area contributed by atoms with Crippen molar-refractivity contribution >= 4 is 28.3 Å². The molecule has 0 spiro atoms. The Kier molecular flexibility index (Phi) is 4.82. The van der Waals surface area contributed by atoms with E-state index in [0.29, 0.717) is 5.92 Å². The number of anilines is 1. The minimum atomic E-state index is 0.595. The van der Waals surface area contributed by atoms with Crippen molar-refractivity contribution in [2.24, 2.45) is 5.92 Å². The molecule has 2 rings (SSSR count). The van der Waals surface area contributed by atoms with Gasteiger partial charge in [0.05, 0.1) is 5.52 Å². The summed E-state index contributed by atoms with van der Waals surface area (Å²) in [7, 11) is 0. The third-order valence-corrected chi connectivity index (χ3v) is 3.57. The van der Waals surface area contributed by atoms with E-state index in [4.69, 9.17) is 11.6 Å². The minimum absolute atomic E-state index is 0.595. The topological polar surface area (TPSA) is 24.9 Å². The van der Waals surface area contributed by atoms with Crippen LogP contribution in [0.25, 0.3) is 10.9 Å². The van der Waals surface area contributed by atoms with Gasteiger partial charge >= 0.3 is 0 Å². The lowest BCUT2D eigenvalue weighted by Gasteiger charge is -2.09. The maximum absolute atomic E-state index is 5.78. The third-order valence-electron chi connectivity index (χ3n) is 3.04. The van der Waals surface area contributed by atoms with E-state index < -0.39 is 0 Å². The van der Waals surface area contributed by atoms with Gasteiger partial charge in [0.25, 0.3) is 0 Å². The number of pyridine rings is 1. The van der Waals surface area contributed by atoms with Crippen molar-refractivity contribution in [2.45, 2.75) is 19.8 Å². The van der Waals surface area contributed by atoms with Crippen LogP contribution >= 0.6 is 11.6 Å². The molecule has 1 aromatic carbocycles. The van der Waals surface area contributed by atoms with E-state index in [0.717, 1.165) is 36.6 Å². The molecule has 0 aliphatic heterocycles. The molecule has 1 aromatic heterocycles. The molecule has 0 fully saturated rings. The minimum Gasteiger partial charge on any atom is -0.370 e. The van der Waals surface area contributed by atoms with Gasteiger partial charge in [0.2, 0.25) is 0 Å². The van der Waals surface area contributed by atoms with Crippen LogP contribution in [-0.4, -0.2) is 17.4 Å². The summed E-state index contributed by atoms with van der Waals surface area (Å²) in [5.41, 5.74) is 1.04. The molecule has 0 saturated heterocycles. The fourth-order valence-corrected chi connectivity index (χ4v) is 2.06. The number of nitrogens with zero attached hydrogens (tertiary/aromatic N) is 1. The molecular formula is C15H19ClN2. The van der Waals surface area contributed by atoms with Crippen molar-refractivity contribution < 1.29 is 0 Å². The highest BCUT2D eigenvalue weighted by molar-refractivity contribution is 6.18.